The third-order valence-electron chi connectivity index (χ3n) is 1.54. The summed E-state index contributed by atoms with van der Waals surface area (Å²) in [6.45, 7) is 15.5. The molecule has 0 aliphatic carbocycles. The molecule has 0 saturated carbocycles. The molecule has 0 rings (SSSR count). The largest absolute Gasteiger partial charge is 0.204 e. The highest BCUT2D eigenvalue weighted by Crippen LogP contribution is 2.17. The van der Waals surface area contributed by atoms with E-state index < -0.39 is 11.7 Å². The third kappa shape index (κ3) is 5.57. The summed E-state index contributed by atoms with van der Waals surface area (Å²) in [7, 11) is 0. The van der Waals surface area contributed by atoms with Crippen molar-refractivity contribution < 1.29 is 8.78 Å². The second-order valence-electron chi connectivity index (χ2n) is 3.13. The molecule has 15 heavy (non-hydrogen) atoms. The molecule has 2 heteroatoms. The first-order valence-electron chi connectivity index (χ1n) is 4.28. The first kappa shape index (κ1) is 13.3. The van der Waals surface area contributed by atoms with Gasteiger partial charge in [-0.15, -0.1) is 0 Å². The van der Waals surface area contributed by atoms with Gasteiger partial charge in [-0.25, -0.2) is 8.78 Å². The van der Waals surface area contributed by atoms with Crippen LogP contribution in [0.5, 0.6) is 0 Å². The Morgan fingerprint density at radius 2 is 1.47 bits per heavy atom. The topological polar surface area (TPSA) is 0 Å². The molecular formula is C13H14F2. The van der Waals surface area contributed by atoms with Crippen LogP contribution in [0.3, 0.4) is 0 Å². The van der Waals surface area contributed by atoms with Gasteiger partial charge >= 0.3 is 0 Å². The summed E-state index contributed by atoms with van der Waals surface area (Å²) in [5.74, 6) is -2.15. The molecule has 0 saturated heterocycles. The number of hydrogen-bond donors (Lipinski definition) is 0. The second-order valence-corrected chi connectivity index (χ2v) is 3.13. The zero-order valence-electron chi connectivity index (χ0n) is 8.82. The molecule has 0 spiro atoms. The average molecular weight is 208 g/mol. The van der Waals surface area contributed by atoms with E-state index in [1.165, 1.54) is 0 Å². The molecule has 0 aliphatic rings. The van der Waals surface area contributed by atoms with Gasteiger partial charge in [-0.1, -0.05) is 44.0 Å². The van der Waals surface area contributed by atoms with E-state index >= 15 is 0 Å². The quantitative estimate of drug-likeness (QED) is 0.580. The summed E-state index contributed by atoms with van der Waals surface area (Å²) < 4.78 is 25.1. The van der Waals surface area contributed by atoms with Gasteiger partial charge in [0.1, 0.15) is 0 Å². The zero-order valence-corrected chi connectivity index (χ0v) is 8.82. The summed E-state index contributed by atoms with van der Waals surface area (Å²) in [5, 5.41) is 0. The molecule has 0 fully saturated rings. The van der Waals surface area contributed by atoms with Crippen LogP contribution in [0.4, 0.5) is 8.78 Å². The molecule has 0 amide bonds. The Kier molecular flexibility index (Phi) is 5.24. The minimum Gasteiger partial charge on any atom is -0.204 e. The van der Waals surface area contributed by atoms with Crippen LogP contribution in [0.2, 0.25) is 0 Å². The van der Waals surface area contributed by atoms with Crippen LogP contribution in [0.25, 0.3) is 0 Å². The maximum absolute atomic E-state index is 12.8. The molecule has 0 N–H and O–H groups in total. The maximum Gasteiger partial charge on any atom is 0.158 e. The molecule has 0 aromatic heterocycles. The van der Waals surface area contributed by atoms with Crippen molar-refractivity contribution in [3.05, 3.63) is 72.9 Å². The van der Waals surface area contributed by atoms with Crippen molar-refractivity contribution in [2.24, 2.45) is 0 Å². The van der Waals surface area contributed by atoms with Gasteiger partial charge in [-0.05, 0) is 24.1 Å². The average Bonchev–Trinajstić information content (AvgIpc) is 2.13. The van der Waals surface area contributed by atoms with E-state index in [1.54, 1.807) is 12.2 Å². The van der Waals surface area contributed by atoms with Gasteiger partial charge in [-0.3, -0.25) is 0 Å². The third-order valence-corrected chi connectivity index (χ3v) is 1.54. The second kappa shape index (κ2) is 5.91. The standard InChI is InChI=1S/C13H14F2/c1-9(2)6-7-10(3)11(4)8-13(15)12(5)14/h6-8H,1,3-5H2,2H3/b7-6-,13-8+. The Hall–Kier alpha value is -1.70. The number of allylic oxidation sites excluding steroid dienone is 8. The maximum atomic E-state index is 12.8. The van der Waals surface area contributed by atoms with Gasteiger partial charge in [0.2, 0.25) is 0 Å². The van der Waals surface area contributed by atoms with E-state index in [0.717, 1.165) is 11.6 Å². The Balaban J connectivity index is 4.61. The molecule has 0 aliphatic heterocycles. The lowest BCUT2D eigenvalue weighted by Gasteiger charge is -1.99. The smallest absolute Gasteiger partial charge is 0.158 e. The van der Waals surface area contributed by atoms with E-state index in [0.29, 0.717) is 11.1 Å². The van der Waals surface area contributed by atoms with Crippen LogP contribution < -0.4 is 0 Å². The molecule has 0 atom stereocenters. The van der Waals surface area contributed by atoms with E-state index in [1.807, 2.05) is 6.92 Å². The predicted molar refractivity (Wildman–Crippen MR) is 61.7 cm³/mol. The predicted octanol–water partition coefficient (Wildman–Crippen LogP) is 4.57. The van der Waals surface area contributed by atoms with Gasteiger partial charge < -0.3 is 0 Å². The highest BCUT2D eigenvalue weighted by atomic mass is 19.2. The van der Waals surface area contributed by atoms with Crippen LogP contribution in [0, 0.1) is 0 Å². The van der Waals surface area contributed by atoms with Crippen LogP contribution in [0.15, 0.2) is 72.9 Å². The number of halogens is 2. The monoisotopic (exact) mass is 208 g/mol. The van der Waals surface area contributed by atoms with E-state index in [9.17, 15) is 8.78 Å². The van der Waals surface area contributed by atoms with Gasteiger partial charge in [-0.2, -0.15) is 0 Å². The van der Waals surface area contributed by atoms with Gasteiger partial charge in [0, 0.05) is 0 Å². The van der Waals surface area contributed by atoms with E-state index in [2.05, 4.69) is 26.3 Å². The Morgan fingerprint density at radius 1 is 0.933 bits per heavy atom. The molecular weight excluding hydrogens is 194 g/mol. The molecule has 0 heterocycles. The fourth-order valence-electron chi connectivity index (χ4n) is 0.674. The zero-order chi connectivity index (χ0) is 12.0. The van der Waals surface area contributed by atoms with Crippen molar-refractivity contribution >= 4 is 0 Å². The molecule has 0 bridgehead atoms. The summed E-state index contributed by atoms with van der Waals surface area (Å²) in [4.78, 5) is 0. The molecule has 0 aromatic carbocycles. The van der Waals surface area contributed by atoms with Crippen molar-refractivity contribution in [2.75, 3.05) is 0 Å². The molecule has 0 aromatic rings. The van der Waals surface area contributed by atoms with Gasteiger partial charge in [0.05, 0.1) is 0 Å². The first-order valence-corrected chi connectivity index (χ1v) is 4.28. The highest BCUT2D eigenvalue weighted by molar-refractivity contribution is 5.46. The highest BCUT2D eigenvalue weighted by Gasteiger charge is 2.01. The normalized spacial score (nSPS) is 11.5. The molecule has 0 nitrogen and oxygen atoms in total. The van der Waals surface area contributed by atoms with Crippen LogP contribution in [-0.2, 0) is 0 Å². The Bertz CT molecular complexity index is 368. The number of hydrogen-bond acceptors (Lipinski definition) is 0. The Labute approximate surface area is 89.3 Å². The van der Waals surface area contributed by atoms with Gasteiger partial charge in [0.25, 0.3) is 0 Å². The van der Waals surface area contributed by atoms with Crippen molar-refractivity contribution in [3.63, 3.8) is 0 Å². The SMILES string of the molecule is C=C(C)/C=C\C(=C)C(=C)/C=C(/F)C(=C)F. The summed E-state index contributed by atoms with van der Waals surface area (Å²) in [6, 6.07) is 0. The minimum absolute atomic E-state index is 0.295. The summed E-state index contributed by atoms with van der Waals surface area (Å²) in [5.41, 5.74) is 1.63. The van der Waals surface area contributed by atoms with E-state index in [-0.39, 0.29) is 0 Å². The molecule has 0 radical (unpaired) electrons. The molecule has 0 unspecified atom stereocenters. The van der Waals surface area contributed by atoms with Crippen LogP contribution in [-0.4, -0.2) is 0 Å². The van der Waals surface area contributed by atoms with Crippen molar-refractivity contribution in [1.82, 2.24) is 0 Å². The van der Waals surface area contributed by atoms with Crippen molar-refractivity contribution in [2.45, 2.75) is 6.92 Å². The van der Waals surface area contributed by atoms with Crippen molar-refractivity contribution in [1.29, 1.82) is 0 Å². The van der Waals surface area contributed by atoms with Crippen LogP contribution in [0.1, 0.15) is 6.92 Å². The van der Waals surface area contributed by atoms with Gasteiger partial charge in [0.15, 0.2) is 11.7 Å². The van der Waals surface area contributed by atoms with Crippen molar-refractivity contribution in [3.8, 4) is 0 Å². The fourth-order valence-corrected chi connectivity index (χ4v) is 0.674. The summed E-state index contributed by atoms with van der Waals surface area (Å²) in [6.07, 6.45) is 4.30. The lowest BCUT2D eigenvalue weighted by Crippen LogP contribution is -1.81. The lowest BCUT2D eigenvalue weighted by atomic mass is 10.1. The van der Waals surface area contributed by atoms with Crippen LogP contribution >= 0.6 is 0 Å². The summed E-state index contributed by atoms with van der Waals surface area (Å²) >= 11 is 0. The Morgan fingerprint density at radius 3 is 1.87 bits per heavy atom. The first-order chi connectivity index (χ1) is 6.84. The van der Waals surface area contributed by atoms with E-state index in [4.69, 9.17) is 0 Å². The fraction of sp³-hybridized carbons (Fsp3) is 0.0769. The number of rotatable bonds is 5. The molecule has 80 valence electrons. The lowest BCUT2D eigenvalue weighted by molar-refractivity contribution is 0.547. The minimum atomic E-state index is -1.12.